The van der Waals surface area contributed by atoms with Gasteiger partial charge in [0.25, 0.3) is 5.22 Å². The molecule has 1 aromatic rings. The van der Waals surface area contributed by atoms with Crippen LogP contribution in [-0.2, 0) is 14.4 Å². The number of imide groups is 1. The Morgan fingerprint density at radius 1 is 1.03 bits per heavy atom. The molecule has 172 valence electrons. The fourth-order valence-corrected chi connectivity index (χ4v) is 5.14. The summed E-state index contributed by atoms with van der Waals surface area (Å²) in [6, 6.07) is 0. The van der Waals surface area contributed by atoms with Crippen molar-refractivity contribution in [1.82, 2.24) is 20.4 Å². The number of likely N-dealkylation sites (tertiary alicyclic amines) is 1. The van der Waals surface area contributed by atoms with Gasteiger partial charge >= 0.3 is 0 Å². The van der Waals surface area contributed by atoms with Crippen LogP contribution in [0.1, 0.15) is 83.9 Å². The maximum Gasteiger partial charge on any atom is 0.276 e. The zero-order chi connectivity index (χ0) is 22.4. The van der Waals surface area contributed by atoms with E-state index in [0.717, 1.165) is 38.5 Å². The minimum Gasteiger partial charge on any atom is -0.415 e. The highest BCUT2D eigenvalue weighted by atomic mass is 32.2. The summed E-state index contributed by atoms with van der Waals surface area (Å²) in [5.74, 6) is -1.10. The molecule has 0 bridgehead atoms. The topological polar surface area (TPSA) is 105 Å². The summed E-state index contributed by atoms with van der Waals surface area (Å²) in [6.45, 7) is 6.79. The van der Waals surface area contributed by atoms with Crippen LogP contribution in [0.5, 0.6) is 0 Å². The fourth-order valence-electron chi connectivity index (χ4n) is 4.51. The molecule has 0 radical (unpaired) electrons. The first-order valence-corrected chi connectivity index (χ1v) is 12.3. The van der Waals surface area contributed by atoms with Crippen LogP contribution in [0.2, 0.25) is 0 Å². The predicted octanol–water partition coefficient (Wildman–Crippen LogP) is 3.53. The molecule has 1 unspecified atom stereocenters. The molecule has 1 atom stereocenters. The first kappa shape index (κ1) is 23.8. The monoisotopic (exact) mass is 450 g/mol. The molecule has 2 fully saturated rings. The summed E-state index contributed by atoms with van der Waals surface area (Å²) in [6.07, 6.45) is 7.32. The average Bonchev–Trinajstić information content (AvgIpc) is 2.99. The number of thioether (sulfide) groups is 1. The van der Waals surface area contributed by atoms with E-state index in [4.69, 9.17) is 4.42 Å². The number of carbonyl (C=O) groups is 3. The van der Waals surface area contributed by atoms with Gasteiger partial charge < -0.3 is 9.32 Å². The standard InChI is InChI=1S/C22H34N4O4S/c1-14(2)31-22-25-24-21(30-22)18(16-10-12-26(13-11-16)15(3)27)20(29)23-19(28)17-8-6-4-5-7-9-17/h14,16-18H,4-13H2,1-3H3,(H,23,28,29). The van der Waals surface area contributed by atoms with Crippen molar-refractivity contribution in [2.75, 3.05) is 13.1 Å². The van der Waals surface area contributed by atoms with Gasteiger partial charge in [-0.25, -0.2) is 0 Å². The minimum atomic E-state index is -0.683. The number of nitrogens with one attached hydrogen (secondary N) is 1. The van der Waals surface area contributed by atoms with E-state index in [1.807, 2.05) is 13.8 Å². The van der Waals surface area contributed by atoms with Crippen LogP contribution in [0.25, 0.3) is 0 Å². The van der Waals surface area contributed by atoms with E-state index in [1.54, 1.807) is 11.8 Å². The number of hydrogen-bond donors (Lipinski definition) is 1. The molecule has 8 nitrogen and oxygen atoms in total. The summed E-state index contributed by atoms with van der Waals surface area (Å²) in [7, 11) is 0. The van der Waals surface area contributed by atoms with Gasteiger partial charge in [0.15, 0.2) is 0 Å². The number of nitrogens with zero attached hydrogens (tertiary/aromatic N) is 3. The number of amides is 3. The van der Waals surface area contributed by atoms with Crippen LogP contribution in [0.15, 0.2) is 9.64 Å². The highest BCUT2D eigenvalue weighted by Gasteiger charge is 2.38. The molecular formula is C22H34N4O4S. The number of carbonyl (C=O) groups excluding carboxylic acids is 3. The van der Waals surface area contributed by atoms with Gasteiger partial charge in [0, 0.05) is 31.2 Å². The van der Waals surface area contributed by atoms with Crippen molar-refractivity contribution in [3.05, 3.63) is 5.89 Å². The summed E-state index contributed by atoms with van der Waals surface area (Å²) in [4.78, 5) is 39.6. The molecule has 1 N–H and O–H groups in total. The SMILES string of the molecule is CC(=O)N1CCC(C(C(=O)NC(=O)C2CCCCCC2)c2nnc(SC(C)C)o2)CC1. The Morgan fingerprint density at radius 2 is 1.68 bits per heavy atom. The second-order valence-corrected chi connectivity index (χ2v) is 10.5. The third-order valence-electron chi connectivity index (χ3n) is 6.24. The van der Waals surface area contributed by atoms with Crippen molar-refractivity contribution in [2.24, 2.45) is 11.8 Å². The maximum atomic E-state index is 13.3. The lowest BCUT2D eigenvalue weighted by molar-refractivity contribution is -0.135. The first-order chi connectivity index (χ1) is 14.8. The molecule has 9 heteroatoms. The highest BCUT2D eigenvalue weighted by Crippen LogP contribution is 2.34. The zero-order valence-electron chi connectivity index (χ0n) is 18.8. The van der Waals surface area contributed by atoms with Crippen LogP contribution in [0, 0.1) is 11.8 Å². The summed E-state index contributed by atoms with van der Waals surface area (Å²) >= 11 is 1.45. The van der Waals surface area contributed by atoms with Crippen molar-refractivity contribution < 1.29 is 18.8 Å². The van der Waals surface area contributed by atoms with Gasteiger partial charge in [0.05, 0.1) is 0 Å². The fraction of sp³-hybridized carbons (Fsp3) is 0.773. The Bertz CT molecular complexity index is 765. The smallest absolute Gasteiger partial charge is 0.276 e. The van der Waals surface area contributed by atoms with Crippen molar-refractivity contribution in [2.45, 2.75) is 88.5 Å². The third kappa shape index (κ3) is 6.54. The molecule has 1 aromatic heterocycles. The minimum absolute atomic E-state index is 0.0383. The van der Waals surface area contributed by atoms with Gasteiger partial charge in [-0.15, -0.1) is 10.2 Å². The van der Waals surface area contributed by atoms with Crippen molar-refractivity contribution in [1.29, 1.82) is 0 Å². The molecule has 3 amide bonds. The number of aromatic nitrogens is 2. The Labute approximate surface area is 188 Å². The van der Waals surface area contributed by atoms with Gasteiger partial charge in [0.1, 0.15) is 5.92 Å². The molecule has 31 heavy (non-hydrogen) atoms. The Hall–Kier alpha value is -1.90. The Balaban J connectivity index is 1.74. The largest absolute Gasteiger partial charge is 0.415 e. The van der Waals surface area contributed by atoms with E-state index >= 15 is 0 Å². The third-order valence-corrected chi connectivity index (χ3v) is 7.07. The normalized spacial score (nSPS) is 19.8. The molecule has 0 spiro atoms. The van der Waals surface area contributed by atoms with E-state index in [-0.39, 0.29) is 40.7 Å². The van der Waals surface area contributed by atoms with E-state index in [2.05, 4.69) is 15.5 Å². The summed E-state index contributed by atoms with van der Waals surface area (Å²) < 4.78 is 5.84. The second-order valence-electron chi connectivity index (χ2n) is 8.94. The lowest BCUT2D eigenvalue weighted by Crippen LogP contribution is -2.44. The second kappa shape index (κ2) is 11.1. The molecule has 3 rings (SSSR count). The predicted molar refractivity (Wildman–Crippen MR) is 117 cm³/mol. The number of piperidine rings is 1. The first-order valence-electron chi connectivity index (χ1n) is 11.5. The summed E-state index contributed by atoms with van der Waals surface area (Å²) in [5, 5.41) is 11.6. The summed E-state index contributed by atoms with van der Waals surface area (Å²) in [5.41, 5.74) is 0. The van der Waals surface area contributed by atoms with Crippen LogP contribution in [-0.4, -0.2) is 51.2 Å². The quantitative estimate of drug-likeness (QED) is 0.522. The number of rotatable bonds is 6. The highest BCUT2D eigenvalue weighted by molar-refractivity contribution is 7.99. The molecule has 1 saturated carbocycles. The lowest BCUT2D eigenvalue weighted by Gasteiger charge is -2.33. The number of hydrogen-bond acceptors (Lipinski definition) is 7. The van der Waals surface area contributed by atoms with Gasteiger partial charge in [-0.05, 0) is 31.6 Å². The van der Waals surface area contributed by atoms with Crippen LogP contribution >= 0.6 is 11.8 Å². The van der Waals surface area contributed by atoms with E-state index in [0.29, 0.717) is 31.2 Å². The maximum absolute atomic E-state index is 13.3. The van der Waals surface area contributed by atoms with Crippen LogP contribution in [0.3, 0.4) is 0 Å². The van der Waals surface area contributed by atoms with E-state index in [9.17, 15) is 14.4 Å². The van der Waals surface area contributed by atoms with Gasteiger partial charge in [-0.3, -0.25) is 19.7 Å². The average molecular weight is 451 g/mol. The lowest BCUT2D eigenvalue weighted by atomic mass is 9.83. The van der Waals surface area contributed by atoms with Crippen molar-refractivity contribution in [3.8, 4) is 0 Å². The van der Waals surface area contributed by atoms with Gasteiger partial charge in [-0.2, -0.15) is 0 Å². The molecule has 1 saturated heterocycles. The Kier molecular flexibility index (Phi) is 8.51. The molecular weight excluding hydrogens is 416 g/mol. The van der Waals surface area contributed by atoms with Crippen LogP contribution < -0.4 is 5.32 Å². The molecule has 0 aromatic carbocycles. The molecule has 1 aliphatic carbocycles. The van der Waals surface area contributed by atoms with E-state index < -0.39 is 5.92 Å². The van der Waals surface area contributed by atoms with Crippen molar-refractivity contribution >= 4 is 29.5 Å². The van der Waals surface area contributed by atoms with Crippen LogP contribution in [0.4, 0.5) is 0 Å². The Morgan fingerprint density at radius 3 is 2.26 bits per heavy atom. The molecule has 2 aliphatic rings. The van der Waals surface area contributed by atoms with Gasteiger partial charge in [0.2, 0.25) is 23.6 Å². The van der Waals surface area contributed by atoms with Gasteiger partial charge in [-0.1, -0.05) is 51.3 Å². The molecule has 2 heterocycles. The zero-order valence-corrected chi connectivity index (χ0v) is 19.6. The van der Waals surface area contributed by atoms with Crippen molar-refractivity contribution in [3.63, 3.8) is 0 Å². The molecule has 1 aliphatic heterocycles. The van der Waals surface area contributed by atoms with E-state index in [1.165, 1.54) is 11.8 Å².